The molecular weight excluding hydrogens is 398 g/mol. The number of hydrogen-bond acceptors (Lipinski definition) is 3. The molecule has 1 amide bonds. The highest BCUT2D eigenvalue weighted by Crippen LogP contribution is 2.43. The third kappa shape index (κ3) is 3.92. The SMILES string of the molecule is O=C(/C=C\c1ccccc1)C[C@]1(O)C(=O)N(Cc2cccc(Cl)c2)c2ccccc21. The van der Waals surface area contributed by atoms with E-state index in [-0.39, 0.29) is 18.7 Å². The Kier molecular flexibility index (Phi) is 5.53. The van der Waals surface area contributed by atoms with Crippen LogP contribution >= 0.6 is 11.6 Å². The lowest BCUT2D eigenvalue weighted by Crippen LogP contribution is -2.41. The minimum atomic E-state index is -1.90. The number of rotatable bonds is 6. The number of hydrogen-bond donors (Lipinski definition) is 1. The summed E-state index contributed by atoms with van der Waals surface area (Å²) < 4.78 is 0. The molecule has 4 rings (SSSR count). The monoisotopic (exact) mass is 417 g/mol. The summed E-state index contributed by atoms with van der Waals surface area (Å²) in [5.41, 5.74) is 0.861. The molecule has 0 radical (unpaired) electrons. The van der Waals surface area contributed by atoms with E-state index < -0.39 is 11.5 Å². The van der Waals surface area contributed by atoms with Crippen molar-refractivity contribution < 1.29 is 14.7 Å². The van der Waals surface area contributed by atoms with Gasteiger partial charge in [-0.1, -0.05) is 78.3 Å². The zero-order chi connectivity index (χ0) is 21.1. The number of benzene rings is 3. The van der Waals surface area contributed by atoms with Crippen molar-refractivity contribution in [2.24, 2.45) is 0 Å². The maximum Gasteiger partial charge on any atom is 0.264 e. The molecule has 0 saturated heterocycles. The van der Waals surface area contributed by atoms with Gasteiger partial charge in [0.15, 0.2) is 11.4 Å². The summed E-state index contributed by atoms with van der Waals surface area (Å²) in [6.07, 6.45) is 2.77. The van der Waals surface area contributed by atoms with Gasteiger partial charge in [-0.05, 0) is 35.4 Å². The van der Waals surface area contributed by atoms with Gasteiger partial charge < -0.3 is 10.0 Å². The standard InChI is InChI=1S/C25H20ClNO3/c26-20-10-6-9-19(15-20)17-27-23-12-5-4-11-22(23)25(30,24(27)29)16-21(28)14-13-18-7-2-1-3-8-18/h1-15,30H,16-17H2/b14-13-/t25-/m1/s1. The zero-order valence-electron chi connectivity index (χ0n) is 16.2. The molecule has 5 heteroatoms. The summed E-state index contributed by atoms with van der Waals surface area (Å²) in [4.78, 5) is 27.4. The van der Waals surface area contributed by atoms with Gasteiger partial charge in [0.05, 0.1) is 18.7 Å². The minimum Gasteiger partial charge on any atom is -0.375 e. The third-order valence-electron chi connectivity index (χ3n) is 5.16. The number of carbonyl (C=O) groups is 2. The summed E-state index contributed by atoms with van der Waals surface area (Å²) >= 11 is 6.07. The highest BCUT2D eigenvalue weighted by molar-refractivity contribution is 6.30. The largest absolute Gasteiger partial charge is 0.375 e. The Balaban J connectivity index is 1.60. The highest BCUT2D eigenvalue weighted by atomic mass is 35.5. The first-order chi connectivity index (χ1) is 14.5. The Labute approximate surface area is 180 Å². The highest BCUT2D eigenvalue weighted by Gasteiger charge is 2.50. The molecule has 0 saturated carbocycles. The lowest BCUT2D eigenvalue weighted by Gasteiger charge is -2.22. The minimum absolute atomic E-state index is 0.257. The fourth-order valence-corrected chi connectivity index (χ4v) is 3.93. The first-order valence-corrected chi connectivity index (χ1v) is 9.99. The predicted molar refractivity (Wildman–Crippen MR) is 118 cm³/mol. The summed E-state index contributed by atoms with van der Waals surface area (Å²) in [5, 5.41) is 11.9. The summed E-state index contributed by atoms with van der Waals surface area (Å²) in [7, 11) is 0. The molecule has 1 N–H and O–H groups in total. The molecular formula is C25H20ClNO3. The summed E-state index contributed by atoms with van der Waals surface area (Å²) in [5.74, 6) is -0.834. The fourth-order valence-electron chi connectivity index (χ4n) is 3.72. The van der Waals surface area contributed by atoms with Crippen LogP contribution in [0.3, 0.4) is 0 Å². The van der Waals surface area contributed by atoms with Crippen molar-refractivity contribution in [1.29, 1.82) is 0 Å². The van der Waals surface area contributed by atoms with Gasteiger partial charge in [-0.2, -0.15) is 0 Å². The second-order valence-corrected chi connectivity index (χ2v) is 7.72. The Morgan fingerprint density at radius 2 is 1.73 bits per heavy atom. The van der Waals surface area contributed by atoms with E-state index in [1.54, 1.807) is 42.5 Å². The molecule has 0 unspecified atom stereocenters. The molecule has 0 bridgehead atoms. The molecule has 3 aromatic carbocycles. The van der Waals surface area contributed by atoms with Crippen LogP contribution in [-0.2, 0) is 21.7 Å². The van der Waals surface area contributed by atoms with E-state index in [9.17, 15) is 14.7 Å². The Bertz CT molecular complexity index is 1130. The van der Waals surface area contributed by atoms with Crippen LogP contribution in [0, 0.1) is 0 Å². The molecule has 0 spiro atoms. The van der Waals surface area contributed by atoms with Gasteiger partial charge in [-0.15, -0.1) is 0 Å². The van der Waals surface area contributed by atoms with Gasteiger partial charge in [-0.25, -0.2) is 0 Å². The number of allylic oxidation sites excluding steroid dienone is 1. The maximum atomic E-state index is 13.2. The van der Waals surface area contributed by atoms with E-state index in [1.165, 1.54) is 11.0 Å². The topological polar surface area (TPSA) is 57.6 Å². The zero-order valence-corrected chi connectivity index (χ0v) is 16.9. The molecule has 30 heavy (non-hydrogen) atoms. The second kappa shape index (κ2) is 8.27. The Morgan fingerprint density at radius 3 is 2.50 bits per heavy atom. The lowest BCUT2D eigenvalue weighted by atomic mass is 9.89. The number of ketones is 1. The third-order valence-corrected chi connectivity index (χ3v) is 5.40. The average Bonchev–Trinajstić information content (AvgIpc) is 2.95. The molecule has 1 aliphatic heterocycles. The van der Waals surface area contributed by atoms with Crippen molar-refractivity contribution in [2.45, 2.75) is 18.6 Å². The fraction of sp³-hybridized carbons (Fsp3) is 0.120. The average molecular weight is 418 g/mol. The number of aliphatic hydroxyl groups is 1. The van der Waals surface area contributed by atoms with Crippen molar-refractivity contribution >= 4 is 35.1 Å². The molecule has 1 heterocycles. The molecule has 0 aromatic heterocycles. The van der Waals surface area contributed by atoms with Crippen LogP contribution in [0.4, 0.5) is 5.69 Å². The number of nitrogens with zero attached hydrogens (tertiary/aromatic N) is 1. The van der Waals surface area contributed by atoms with Gasteiger partial charge in [0.1, 0.15) is 0 Å². The number of halogens is 1. The van der Waals surface area contributed by atoms with Gasteiger partial charge in [0.25, 0.3) is 5.91 Å². The Hall–Kier alpha value is -3.21. The van der Waals surface area contributed by atoms with E-state index in [0.717, 1.165) is 11.1 Å². The van der Waals surface area contributed by atoms with Crippen molar-refractivity contribution in [1.82, 2.24) is 0 Å². The first kappa shape index (κ1) is 20.1. The van der Waals surface area contributed by atoms with Gasteiger partial charge in [0.2, 0.25) is 0 Å². The molecule has 0 fully saturated rings. The lowest BCUT2D eigenvalue weighted by molar-refractivity contribution is -0.140. The van der Waals surface area contributed by atoms with Crippen LogP contribution in [0.2, 0.25) is 5.02 Å². The van der Waals surface area contributed by atoms with E-state index in [2.05, 4.69) is 0 Å². The van der Waals surface area contributed by atoms with Crippen molar-refractivity contribution in [3.63, 3.8) is 0 Å². The molecule has 150 valence electrons. The molecule has 1 aliphatic rings. The smallest absolute Gasteiger partial charge is 0.264 e. The number of carbonyl (C=O) groups excluding carboxylic acids is 2. The molecule has 3 aromatic rings. The summed E-state index contributed by atoms with van der Waals surface area (Å²) in [6.45, 7) is 0.257. The van der Waals surface area contributed by atoms with E-state index >= 15 is 0 Å². The Morgan fingerprint density at radius 1 is 1.00 bits per heavy atom. The second-order valence-electron chi connectivity index (χ2n) is 7.29. The van der Waals surface area contributed by atoms with Crippen molar-refractivity contribution in [3.8, 4) is 0 Å². The van der Waals surface area contributed by atoms with Crippen LogP contribution in [0.5, 0.6) is 0 Å². The number of anilines is 1. The van der Waals surface area contributed by atoms with Gasteiger partial charge in [-0.3, -0.25) is 9.59 Å². The normalized spacial score (nSPS) is 18.1. The molecule has 0 aliphatic carbocycles. The maximum absolute atomic E-state index is 13.2. The van der Waals surface area contributed by atoms with Crippen molar-refractivity contribution in [2.75, 3.05) is 4.90 Å². The predicted octanol–water partition coefficient (Wildman–Crippen LogP) is 4.75. The van der Waals surface area contributed by atoms with Crippen LogP contribution < -0.4 is 4.90 Å². The van der Waals surface area contributed by atoms with Crippen LogP contribution in [0.25, 0.3) is 6.08 Å². The van der Waals surface area contributed by atoms with E-state index in [0.29, 0.717) is 16.3 Å². The quantitative estimate of drug-likeness (QED) is 0.589. The number of para-hydroxylation sites is 1. The van der Waals surface area contributed by atoms with Crippen LogP contribution in [0.15, 0.2) is 84.9 Å². The van der Waals surface area contributed by atoms with Crippen molar-refractivity contribution in [3.05, 3.63) is 107 Å². The summed E-state index contributed by atoms with van der Waals surface area (Å²) in [6, 6.07) is 23.7. The van der Waals surface area contributed by atoms with Crippen LogP contribution in [0.1, 0.15) is 23.1 Å². The molecule has 1 atom stereocenters. The van der Waals surface area contributed by atoms with E-state index in [1.807, 2.05) is 42.5 Å². The van der Waals surface area contributed by atoms with Gasteiger partial charge in [0, 0.05) is 10.6 Å². The number of fused-ring (bicyclic) bond motifs is 1. The van der Waals surface area contributed by atoms with E-state index in [4.69, 9.17) is 11.6 Å². The number of amides is 1. The van der Waals surface area contributed by atoms with Crippen LogP contribution in [-0.4, -0.2) is 16.8 Å². The van der Waals surface area contributed by atoms with Gasteiger partial charge >= 0.3 is 0 Å². The first-order valence-electron chi connectivity index (χ1n) is 9.62. The molecule has 4 nitrogen and oxygen atoms in total.